The van der Waals surface area contributed by atoms with Gasteiger partial charge >= 0.3 is 0 Å². The molecular formula is C29H36O4. The van der Waals surface area contributed by atoms with Crippen molar-refractivity contribution in [2.75, 3.05) is 0 Å². The highest BCUT2D eigenvalue weighted by Gasteiger charge is 2.20. The van der Waals surface area contributed by atoms with Gasteiger partial charge in [0.15, 0.2) is 5.78 Å². The molecule has 0 aliphatic heterocycles. The third kappa shape index (κ3) is 8.64. The van der Waals surface area contributed by atoms with Crippen LogP contribution in [0.2, 0.25) is 0 Å². The second-order valence-electron chi connectivity index (χ2n) is 9.95. The fourth-order valence-electron chi connectivity index (χ4n) is 3.06. The molecule has 176 valence electrons. The molecule has 4 nitrogen and oxygen atoms in total. The summed E-state index contributed by atoms with van der Waals surface area (Å²) in [5.74, 6) is 2.53. The largest absolute Gasteiger partial charge is 0.488 e. The molecule has 0 spiro atoms. The van der Waals surface area contributed by atoms with Crippen LogP contribution in [0.15, 0.2) is 67.5 Å². The van der Waals surface area contributed by atoms with Crippen LogP contribution in [0.3, 0.4) is 0 Å². The quantitative estimate of drug-likeness (QED) is 0.172. The zero-order valence-electron chi connectivity index (χ0n) is 21.0. The van der Waals surface area contributed by atoms with Crippen molar-refractivity contribution in [2.45, 2.75) is 66.1 Å². The monoisotopic (exact) mass is 448 g/mol. The highest BCUT2D eigenvalue weighted by molar-refractivity contribution is 6.07. The zero-order valence-corrected chi connectivity index (χ0v) is 21.0. The molecule has 0 unspecified atom stereocenters. The van der Waals surface area contributed by atoms with Crippen LogP contribution in [0.1, 0.15) is 70.0 Å². The summed E-state index contributed by atoms with van der Waals surface area (Å²) in [6.45, 7) is 21.4. The molecule has 33 heavy (non-hydrogen) atoms. The van der Waals surface area contributed by atoms with Crippen LogP contribution >= 0.6 is 0 Å². The normalized spacial score (nSPS) is 11.8. The van der Waals surface area contributed by atoms with Crippen molar-refractivity contribution >= 4 is 11.9 Å². The lowest BCUT2D eigenvalue weighted by molar-refractivity contribution is 0.104. The summed E-state index contributed by atoms with van der Waals surface area (Å²) in [5, 5.41) is 0. The van der Waals surface area contributed by atoms with Crippen LogP contribution < -0.4 is 14.2 Å². The van der Waals surface area contributed by atoms with Gasteiger partial charge in [-0.05, 0) is 103 Å². The van der Waals surface area contributed by atoms with Crippen LogP contribution in [0.5, 0.6) is 17.2 Å². The minimum Gasteiger partial charge on any atom is -0.488 e. The first-order chi connectivity index (χ1) is 15.3. The Bertz CT molecular complexity index is 1030. The van der Waals surface area contributed by atoms with E-state index in [1.807, 2.05) is 59.8 Å². The molecule has 2 aromatic rings. The van der Waals surface area contributed by atoms with Crippen LogP contribution in [-0.2, 0) is 6.42 Å². The van der Waals surface area contributed by atoms with E-state index in [1.54, 1.807) is 43.3 Å². The minimum absolute atomic E-state index is 0.112. The molecule has 0 heterocycles. The van der Waals surface area contributed by atoms with E-state index in [0.29, 0.717) is 29.2 Å². The van der Waals surface area contributed by atoms with Crippen molar-refractivity contribution in [3.05, 3.63) is 84.2 Å². The molecule has 0 bridgehead atoms. The van der Waals surface area contributed by atoms with Gasteiger partial charge in [0.05, 0.1) is 5.76 Å². The summed E-state index contributed by atoms with van der Waals surface area (Å²) in [6, 6.07) is 10.9. The third-order valence-electron chi connectivity index (χ3n) is 4.23. The standard InChI is InChI=1S/C29H36O4/c1-10-11-22-18-23(27(33-29(7,8)9)19-26(22)32-28(4,5)6)14-17-25(30)21-12-15-24(16-13-21)31-20(2)3/h10,12-19H,1-2,11H2,3-9H3/b17-14+. The second kappa shape index (κ2) is 10.6. The van der Waals surface area contributed by atoms with Crippen LogP contribution in [0.4, 0.5) is 0 Å². The first kappa shape index (κ1) is 26.0. The molecule has 0 N–H and O–H groups in total. The van der Waals surface area contributed by atoms with Gasteiger partial charge < -0.3 is 14.2 Å². The Morgan fingerprint density at radius 2 is 1.52 bits per heavy atom. The number of carbonyl (C=O) groups excluding carboxylic acids is 1. The predicted octanol–water partition coefficient (Wildman–Crippen LogP) is 7.58. The van der Waals surface area contributed by atoms with Gasteiger partial charge in [0.1, 0.15) is 28.5 Å². The molecule has 2 rings (SSSR count). The van der Waals surface area contributed by atoms with Gasteiger partial charge in [0, 0.05) is 17.2 Å². The predicted molar refractivity (Wildman–Crippen MR) is 136 cm³/mol. The van der Waals surface area contributed by atoms with E-state index in [9.17, 15) is 4.79 Å². The lowest BCUT2D eigenvalue weighted by atomic mass is 10.0. The fourth-order valence-corrected chi connectivity index (χ4v) is 3.06. The molecule has 2 aromatic carbocycles. The van der Waals surface area contributed by atoms with E-state index in [0.717, 1.165) is 16.9 Å². The van der Waals surface area contributed by atoms with E-state index in [2.05, 4.69) is 13.2 Å². The summed E-state index contributed by atoms with van der Waals surface area (Å²) >= 11 is 0. The van der Waals surface area contributed by atoms with E-state index in [4.69, 9.17) is 14.2 Å². The highest BCUT2D eigenvalue weighted by atomic mass is 16.5. The lowest BCUT2D eigenvalue weighted by Gasteiger charge is -2.27. The maximum Gasteiger partial charge on any atom is 0.185 e. The lowest BCUT2D eigenvalue weighted by Crippen LogP contribution is -2.25. The van der Waals surface area contributed by atoms with E-state index < -0.39 is 5.60 Å². The molecule has 0 aromatic heterocycles. The van der Waals surface area contributed by atoms with E-state index >= 15 is 0 Å². The molecule has 0 saturated heterocycles. The van der Waals surface area contributed by atoms with E-state index in [1.165, 1.54) is 0 Å². The molecule has 0 fully saturated rings. The van der Waals surface area contributed by atoms with Crippen LogP contribution in [0, 0.1) is 0 Å². The van der Waals surface area contributed by atoms with Crippen molar-refractivity contribution < 1.29 is 19.0 Å². The third-order valence-corrected chi connectivity index (χ3v) is 4.23. The molecule has 0 saturated carbocycles. The second-order valence-corrected chi connectivity index (χ2v) is 9.95. The van der Waals surface area contributed by atoms with Crippen LogP contribution in [-0.4, -0.2) is 17.0 Å². The molecule has 4 heteroatoms. The smallest absolute Gasteiger partial charge is 0.185 e. The molecule has 0 amide bonds. The highest BCUT2D eigenvalue weighted by Crippen LogP contribution is 2.35. The first-order valence-electron chi connectivity index (χ1n) is 11.1. The molecular weight excluding hydrogens is 412 g/mol. The molecule has 0 radical (unpaired) electrons. The summed E-state index contributed by atoms with van der Waals surface area (Å²) in [6.07, 6.45) is 5.82. The average molecular weight is 449 g/mol. The Labute approximate surface area is 198 Å². The summed E-state index contributed by atoms with van der Waals surface area (Å²) in [4.78, 5) is 12.8. The summed E-state index contributed by atoms with van der Waals surface area (Å²) in [7, 11) is 0. The minimum atomic E-state index is -0.412. The number of rotatable bonds is 9. The number of ether oxygens (including phenoxy) is 3. The van der Waals surface area contributed by atoms with Gasteiger partial charge in [0.25, 0.3) is 0 Å². The van der Waals surface area contributed by atoms with Crippen molar-refractivity contribution in [1.29, 1.82) is 0 Å². The Morgan fingerprint density at radius 1 is 0.939 bits per heavy atom. The molecule has 0 aliphatic carbocycles. The maximum absolute atomic E-state index is 12.8. The Morgan fingerprint density at radius 3 is 2.03 bits per heavy atom. The van der Waals surface area contributed by atoms with Crippen molar-refractivity contribution in [1.82, 2.24) is 0 Å². The number of allylic oxidation sites excluding steroid dienone is 3. The maximum atomic E-state index is 12.8. The summed E-state index contributed by atoms with van der Waals surface area (Å²) in [5.41, 5.74) is 1.58. The topological polar surface area (TPSA) is 44.8 Å². The number of carbonyl (C=O) groups is 1. The van der Waals surface area contributed by atoms with Gasteiger partial charge in [-0.2, -0.15) is 0 Å². The van der Waals surface area contributed by atoms with Crippen molar-refractivity contribution in [2.24, 2.45) is 0 Å². The molecule has 0 aliphatic rings. The van der Waals surface area contributed by atoms with Crippen molar-refractivity contribution in [3.8, 4) is 17.2 Å². The number of benzene rings is 2. The van der Waals surface area contributed by atoms with Gasteiger partial charge in [-0.15, -0.1) is 6.58 Å². The van der Waals surface area contributed by atoms with Gasteiger partial charge in [-0.3, -0.25) is 4.79 Å². The van der Waals surface area contributed by atoms with Crippen molar-refractivity contribution in [3.63, 3.8) is 0 Å². The zero-order chi connectivity index (χ0) is 24.8. The fraction of sp³-hybridized carbons (Fsp3) is 0.345. The number of hydrogen-bond acceptors (Lipinski definition) is 4. The Balaban J connectivity index is 2.42. The Kier molecular flexibility index (Phi) is 8.32. The number of ketones is 1. The molecule has 0 atom stereocenters. The Hall–Kier alpha value is -3.27. The SMILES string of the molecule is C=CCc1cc(/C=C/C(=O)c2ccc(OC(=C)C)cc2)c(OC(C)(C)C)cc1OC(C)(C)C. The van der Waals surface area contributed by atoms with Gasteiger partial charge in [-0.25, -0.2) is 0 Å². The summed E-state index contributed by atoms with van der Waals surface area (Å²) < 4.78 is 17.9. The average Bonchev–Trinajstić information content (AvgIpc) is 2.66. The first-order valence-corrected chi connectivity index (χ1v) is 11.1. The van der Waals surface area contributed by atoms with E-state index in [-0.39, 0.29) is 11.4 Å². The van der Waals surface area contributed by atoms with Crippen LogP contribution in [0.25, 0.3) is 6.08 Å². The van der Waals surface area contributed by atoms with Gasteiger partial charge in [0.2, 0.25) is 0 Å². The van der Waals surface area contributed by atoms with Gasteiger partial charge in [-0.1, -0.05) is 12.7 Å². The number of hydrogen-bond donors (Lipinski definition) is 0.